The van der Waals surface area contributed by atoms with Crippen LogP contribution in [-0.4, -0.2) is 117 Å². The Bertz CT molecular complexity index is 1310. The largest absolute Gasteiger partial charge is 0.294 e. The molecule has 0 aromatic carbocycles. The Hall–Kier alpha value is -4.94. The van der Waals surface area contributed by atoms with Gasteiger partial charge in [0.15, 0.2) is 0 Å². The van der Waals surface area contributed by atoms with Crippen molar-refractivity contribution < 1.29 is 0 Å². The molecule has 0 radical (unpaired) electrons. The van der Waals surface area contributed by atoms with Gasteiger partial charge in [0.2, 0.25) is 0 Å². The summed E-state index contributed by atoms with van der Waals surface area (Å²) in [6.45, 7) is 6.92. The van der Waals surface area contributed by atoms with Crippen molar-refractivity contribution in [2.75, 3.05) is 52.4 Å². The summed E-state index contributed by atoms with van der Waals surface area (Å²) in [5.74, 6) is 0. The molecule has 4 bridgehead atoms. The molecule has 0 spiro atoms. The lowest BCUT2D eigenvalue weighted by Gasteiger charge is -2.20. The first-order chi connectivity index (χ1) is 21.8. The van der Waals surface area contributed by atoms with Crippen molar-refractivity contribution in [2.24, 2.45) is 20.0 Å². The number of hydrogen-bond acceptors (Lipinski definition) is 12. The van der Waals surface area contributed by atoms with Crippen molar-refractivity contribution in [3.05, 3.63) is 107 Å². The van der Waals surface area contributed by atoms with Crippen molar-refractivity contribution in [3.63, 3.8) is 0 Å². The van der Waals surface area contributed by atoms with Crippen molar-refractivity contribution in [2.45, 2.75) is 13.1 Å². The molecule has 4 aromatic rings. The second-order valence-electron chi connectivity index (χ2n) is 10.1. The SMILES string of the molecule is C1=NCCN(Cc2ccccn2)CCN=Cc2ccc(nn2)C=NCCN(Cc2ccccn2)CCN=Cc2ccc1nn2. The molecule has 0 N–H and O–H groups in total. The highest BCUT2D eigenvalue weighted by atomic mass is 15.2. The lowest BCUT2D eigenvalue weighted by atomic mass is 10.3. The van der Waals surface area contributed by atoms with E-state index in [1.165, 1.54) is 0 Å². The van der Waals surface area contributed by atoms with Crippen molar-refractivity contribution in [1.29, 1.82) is 0 Å². The molecule has 12 nitrogen and oxygen atoms in total. The summed E-state index contributed by atoms with van der Waals surface area (Å²) in [7, 11) is 0. The van der Waals surface area contributed by atoms with Gasteiger partial charge in [-0.2, -0.15) is 0 Å². The molecule has 4 aliphatic heterocycles. The Balaban J connectivity index is 1.27. The summed E-state index contributed by atoms with van der Waals surface area (Å²) in [5, 5.41) is 17.2. The van der Waals surface area contributed by atoms with Gasteiger partial charge in [0.05, 0.1) is 37.6 Å². The summed E-state index contributed by atoms with van der Waals surface area (Å²) in [4.78, 5) is 31.9. The van der Waals surface area contributed by atoms with E-state index in [1.54, 1.807) is 24.9 Å². The maximum absolute atomic E-state index is 4.59. The Morgan fingerprint density at radius 2 is 0.773 bits per heavy atom. The van der Waals surface area contributed by atoms with Crippen LogP contribution >= 0.6 is 0 Å². The quantitative estimate of drug-likeness (QED) is 0.355. The summed E-state index contributed by atoms with van der Waals surface area (Å²) < 4.78 is 0. The molecule has 4 aliphatic rings. The normalized spacial score (nSPS) is 16.0. The number of aliphatic imine (C=N–C) groups is 4. The Labute approximate surface area is 257 Å². The van der Waals surface area contributed by atoms with Crippen LogP contribution in [0.15, 0.2) is 93.0 Å². The minimum absolute atomic E-state index is 0.616. The van der Waals surface area contributed by atoms with Gasteiger partial charge in [-0.25, -0.2) is 0 Å². The number of aromatic nitrogens is 6. The summed E-state index contributed by atoms with van der Waals surface area (Å²) in [6.07, 6.45) is 10.7. The molecule has 4 aromatic heterocycles. The predicted molar refractivity (Wildman–Crippen MR) is 173 cm³/mol. The molecule has 44 heavy (non-hydrogen) atoms. The second-order valence-corrected chi connectivity index (χ2v) is 10.1. The van der Waals surface area contributed by atoms with Gasteiger partial charge in [0, 0.05) is 76.5 Å². The van der Waals surface area contributed by atoms with Crippen molar-refractivity contribution in [1.82, 2.24) is 40.2 Å². The molecule has 0 aliphatic carbocycles. The van der Waals surface area contributed by atoms with Gasteiger partial charge in [-0.15, -0.1) is 20.4 Å². The molecular weight excluding hydrogens is 552 g/mol. The molecule has 0 saturated heterocycles. The van der Waals surface area contributed by atoms with Crippen LogP contribution < -0.4 is 0 Å². The van der Waals surface area contributed by atoms with Crippen molar-refractivity contribution in [3.8, 4) is 0 Å². The highest BCUT2D eigenvalue weighted by molar-refractivity contribution is 5.80. The molecule has 8 heterocycles. The zero-order valence-electron chi connectivity index (χ0n) is 24.7. The van der Waals surface area contributed by atoms with Crippen LogP contribution in [0, 0.1) is 0 Å². The molecule has 12 heteroatoms. The Kier molecular flexibility index (Phi) is 12.0. The average Bonchev–Trinajstić information content (AvgIpc) is 3.07. The van der Waals surface area contributed by atoms with E-state index in [4.69, 9.17) is 0 Å². The van der Waals surface area contributed by atoms with Crippen LogP contribution in [0.3, 0.4) is 0 Å². The van der Waals surface area contributed by atoms with E-state index in [0.29, 0.717) is 62.0 Å². The average molecular weight is 589 g/mol. The van der Waals surface area contributed by atoms with Gasteiger partial charge in [-0.3, -0.25) is 39.7 Å². The Morgan fingerprint density at radius 3 is 1.05 bits per heavy atom. The predicted octanol–water partition coefficient (Wildman–Crippen LogP) is 2.45. The van der Waals surface area contributed by atoms with Gasteiger partial charge in [-0.1, -0.05) is 12.1 Å². The van der Waals surface area contributed by atoms with Crippen LogP contribution in [0.5, 0.6) is 0 Å². The minimum Gasteiger partial charge on any atom is -0.294 e. The second kappa shape index (κ2) is 17.2. The molecule has 0 saturated carbocycles. The lowest BCUT2D eigenvalue weighted by Crippen LogP contribution is -2.29. The molecule has 224 valence electrons. The van der Waals surface area contributed by atoms with Crippen LogP contribution in [-0.2, 0) is 13.1 Å². The number of pyridine rings is 2. The van der Waals surface area contributed by atoms with E-state index >= 15 is 0 Å². The highest BCUT2D eigenvalue weighted by Gasteiger charge is 2.08. The topological polar surface area (TPSA) is 133 Å². The van der Waals surface area contributed by atoms with E-state index in [-0.39, 0.29) is 0 Å². The maximum Gasteiger partial charge on any atom is 0.104 e. The fourth-order valence-electron chi connectivity index (χ4n) is 4.39. The lowest BCUT2D eigenvalue weighted by molar-refractivity contribution is 0.278. The minimum atomic E-state index is 0.616. The fourth-order valence-corrected chi connectivity index (χ4v) is 4.39. The molecule has 0 amide bonds. The van der Waals surface area contributed by atoms with E-state index < -0.39 is 0 Å². The first-order valence-corrected chi connectivity index (χ1v) is 14.7. The third-order valence-corrected chi connectivity index (χ3v) is 6.71. The zero-order valence-corrected chi connectivity index (χ0v) is 24.7. The van der Waals surface area contributed by atoms with E-state index in [0.717, 1.165) is 37.6 Å². The van der Waals surface area contributed by atoms with Crippen LogP contribution in [0.4, 0.5) is 0 Å². The smallest absolute Gasteiger partial charge is 0.104 e. The van der Waals surface area contributed by atoms with Crippen LogP contribution in [0.25, 0.3) is 0 Å². The molecular formula is C32H36N12. The Morgan fingerprint density at radius 1 is 0.432 bits per heavy atom. The monoisotopic (exact) mass is 588 g/mol. The van der Waals surface area contributed by atoms with E-state index in [9.17, 15) is 0 Å². The number of rotatable bonds is 4. The van der Waals surface area contributed by atoms with E-state index in [1.807, 2.05) is 73.1 Å². The maximum atomic E-state index is 4.59. The third-order valence-electron chi connectivity index (χ3n) is 6.71. The van der Waals surface area contributed by atoms with Crippen molar-refractivity contribution >= 4 is 24.9 Å². The zero-order chi connectivity index (χ0) is 30.1. The van der Waals surface area contributed by atoms with Gasteiger partial charge in [-0.05, 0) is 48.5 Å². The number of nitrogens with zero attached hydrogens (tertiary/aromatic N) is 12. The van der Waals surface area contributed by atoms with Gasteiger partial charge >= 0.3 is 0 Å². The van der Waals surface area contributed by atoms with Gasteiger partial charge < -0.3 is 0 Å². The number of hydrogen-bond donors (Lipinski definition) is 0. The fraction of sp³-hybridized carbons (Fsp3) is 0.312. The highest BCUT2D eigenvalue weighted by Crippen LogP contribution is 2.03. The molecule has 8 rings (SSSR count). The van der Waals surface area contributed by atoms with Crippen LogP contribution in [0.2, 0.25) is 0 Å². The molecule has 0 unspecified atom stereocenters. The summed E-state index contributed by atoms with van der Waals surface area (Å²) >= 11 is 0. The standard InChI is InChI=1S/C32H36N12/c1-3-11-37-31(5-1)25-43-17-13-33-21-27-7-9-29(41-39-27)23-35-15-19-44(26-32-6-2-4-12-38-32)20-16-36-24-30-10-8-28(40-42-30)22-34-14-18-43/h1-12,21-24H,13-20,25-26H2. The molecule has 0 fully saturated rings. The first kappa shape index (κ1) is 30.5. The van der Waals surface area contributed by atoms with E-state index in [2.05, 4.69) is 60.1 Å². The van der Waals surface area contributed by atoms with Gasteiger partial charge in [0.25, 0.3) is 0 Å². The summed E-state index contributed by atoms with van der Waals surface area (Å²) in [6, 6.07) is 19.5. The van der Waals surface area contributed by atoms with Gasteiger partial charge in [0.1, 0.15) is 22.8 Å². The third kappa shape index (κ3) is 10.7. The first-order valence-electron chi connectivity index (χ1n) is 14.7. The molecule has 0 atom stereocenters. The van der Waals surface area contributed by atoms with Crippen LogP contribution in [0.1, 0.15) is 34.2 Å². The summed E-state index contributed by atoms with van der Waals surface area (Å²) in [5.41, 5.74) is 4.84.